The number of nitrogens with one attached hydrogen (secondary N) is 1. The minimum Gasteiger partial charge on any atom is -0.506 e. The lowest BCUT2D eigenvalue weighted by atomic mass is 10.1. The fraction of sp³-hybridized carbons (Fsp3) is 0.0714. The van der Waals surface area contributed by atoms with Crippen LogP contribution in [0.2, 0.25) is 0 Å². The molecule has 0 fully saturated rings. The van der Waals surface area contributed by atoms with E-state index in [1.807, 2.05) is 0 Å². The number of nitrogens with zero attached hydrogens (tertiary/aromatic N) is 1. The SMILES string of the molecule is O=c1[nH]c2c(O)cccc2n1-c1ccccc1C(F)(F)F. The maximum absolute atomic E-state index is 13.1. The van der Waals surface area contributed by atoms with Gasteiger partial charge in [-0.1, -0.05) is 18.2 Å². The van der Waals surface area contributed by atoms with Crippen molar-refractivity contribution in [2.75, 3.05) is 0 Å². The largest absolute Gasteiger partial charge is 0.506 e. The highest BCUT2D eigenvalue weighted by atomic mass is 19.4. The minimum absolute atomic E-state index is 0.0967. The normalized spacial score (nSPS) is 12.0. The molecule has 0 aliphatic carbocycles. The molecule has 7 heteroatoms. The Morgan fingerprint density at radius 2 is 1.76 bits per heavy atom. The molecule has 1 aromatic heterocycles. The van der Waals surface area contributed by atoms with Crippen LogP contribution in [0.15, 0.2) is 47.3 Å². The first-order valence-electron chi connectivity index (χ1n) is 5.99. The van der Waals surface area contributed by atoms with Gasteiger partial charge in [0.05, 0.1) is 16.8 Å². The number of alkyl halides is 3. The summed E-state index contributed by atoms with van der Waals surface area (Å²) in [5.74, 6) is -0.201. The fourth-order valence-electron chi connectivity index (χ4n) is 2.26. The number of fused-ring (bicyclic) bond motifs is 1. The first kappa shape index (κ1) is 13.3. The number of halogens is 3. The van der Waals surface area contributed by atoms with E-state index in [9.17, 15) is 23.1 Å². The summed E-state index contributed by atoms with van der Waals surface area (Å²) in [7, 11) is 0. The number of hydrogen-bond donors (Lipinski definition) is 2. The Hall–Kier alpha value is -2.70. The van der Waals surface area contributed by atoms with E-state index >= 15 is 0 Å². The fourth-order valence-corrected chi connectivity index (χ4v) is 2.26. The molecule has 4 nitrogen and oxygen atoms in total. The molecule has 0 radical (unpaired) electrons. The van der Waals surface area contributed by atoms with Crippen LogP contribution >= 0.6 is 0 Å². The van der Waals surface area contributed by atoms with Crippen molar-refractivity contribution >= 4 is 11.0 Å². The second-order valence-electron chi connectivity index (χ2n) is 4.45. The van der Waals surface area contributed by atoms with Gasteiger partial charge in [-0.3, -0.25) is 4.57 Å². The lowest BCUT2D eigenvalue weighted by molar-refractivity contribution is -0.137. The number of aromatic nitrogens is 2. The van der Waals surface area contributed by atoms with Crippen LogP contribution in [0.1, 0.15) is 5.56 Å². The van der Waals surface area contributed by atoms with Gasteiger partial charge in [0, 0.05) is 0 Å². The van der Waals surface area contributed by atoms with E-state index in [4.69, 9.17) is 0 Å². The minimum atomic E-state index is -4.59. The van der Waals surface area contributed by atoms with Gasteiger partial charge in [0.1, 0.15) is 11.3 Å². The smallest absolute Gasteiger partial charge is 0.418 e. The number of aromatic hydroxyl groups is 1. The summed E-state index contributed by atoms with van der Waals surface area (Å²) in [4.78, 5) is 14.4. The van der Waals surface area contributed by atoms with Gasteiger partial charge in [0.15, 0.2) is 0 Å². The van der Waals surface area contributed by atoms with Crippen molar-refractivity contribution < 1.29 is 18.3 Å². The van der Waals surface area contributed by atoms with Crippen LogP contribution in [0.4, 0.5) is 13.2 Å². The van der Waals surface area contributed by atoms with E-state index in [1.54, 1.807) is 0 Å². The molecule has 0 aliphatic rings. The zero-order chi connectivity index (χ0) is 15.2. The van der Waals surface area contributed by atoms with Crippen LogP contribution in [0, 0.1) is 0 Å². The predicted octanol–water partition coefficient (Wildman–Crippen LogP) is 3.04. The number of para-hydroxylation sites is 2. The summed E-state index contributed by atoms with van der Waals surface area (Å²) >= 11 is 0. The molecule has 0 saturated carbocycles. The molecular formula is C14H9F3N2O2. The number of imidazole rings is 1. The molecule has 0 unspecified atom stereocenters. The molecule has 3 aromatic rings. The first-order valence-corrected chi connectivity index (χ1v) is 5.99. The number of rotatable bonds is 1. The average Bonchev–Trinajstić information content (AvgIpc) is 2.75. The van der Waals surface area contributed by atoms with Crippen LogP contribution in [-0.4, -0.2) is 14.7 Å². The van der Waals surface area contributed by atoms with Gasteiger partial charge in [-0.15, -0.1) is 0 Å². The monoisotopic (exact) mass is 294 g/mol. The Bertz CT molecular complexity index is 878. The van der Waals surface area contributed by atoms with E-state index < -0.39 is 17.4 Å². The third-order valence-corrected chi connectivity index (χ3v) is 3.15. The van der Waals surface area contributed by atoms with Crippen molar-refractivity contribution in [1.82, 2.24) is 9.55 Å². The molecule has 1 heterocycles. The second kappa shape index (κ2) is 4.41. The molecule has 0 bridgehead atoms. The molecule has 0 spiro atoms. The summed E-state index contributed by atoms with van der Waals surface area (Å²) in [5.41, 5.74) is -1.68. The van der Waals surface area contributed by atoms with E-state index in [-0.39, 0.29) is 22.5 Å². The first-order chi connectivity index (χ1) is 9.89. The van der Waals surface area contributed by atoms with Crippen LogP contribution in [0.25, 0.3) is 16.7 Å². The molecule has 3 rings (SSSR count). The zero-order valence-electron chi connectivity index (χ0n) is 10.5. The molecule has 0 amide bonds. The Morgan fingerprint density at radius 3 is 2.48 bits per heavy atom. The molecule has 108 valence electrons. The van der Waals surface area contributed by atoms with Crippen LogP contribution < -0.4 is 5.69 Å². The Kier molecular flexibility index (Phi) is 2.79. The van der Waals surface area contributed by atoms with Gasteiger partial charge in [-0.25, -0.2) is 4.79 Å². The Balaban J connectivity index is 2.40. The van der Waals surface area contributed by atoms with E-state index in [2.05, 4.69) is 4.98 Å². The number of phenols is 1. The molecule has 2 N–H and O–H groups in total. The number of phenolic OH excluding ortho intramolecular Hbond substituents is 1. The van der Waals surface area contributed by atoms with Gasteiger partial charge < -0.3 is 10.1 Å². The lowest BCUT2D eigenvalue weighted by Crippen LogP contribution is -2.19. The maximum atomic E-state index is 13.1. The topological polar surface area (TPSA) is 58.0 Å². The van der Waals surface area contributed by atoms with E-state index in [0.717, 1.165) is 10.6 Å². The summed E-state index contributed by atoms with van der Waals surface area (Å²) < 4.78 is 40.1. The highest BCUT2D eigenvalue weighted by molar-refractivity contribution is 5.83. The van der Waals surface area contributed by atoms with Crippen LogP contribution in [0.5, 0.6) is 5.75 Å². The summed E-state index contributed by atoms with van der Waals surface area (Å²) in [5, 5.41) is 9.68. The third-order valence-electron chi connectivity index (χ3n) is 3.15. The highest BCUT2D eigenvalue weighted by Crippen LogP contribution is 2.34. The highest BCUT2D eigenvalue weighted by Gasteiger charge is 2.34. The summed E-state index contributed by atoms with van der Waals surface area (Å²) in [6.45, 7) is 0. The number of benzene rings is 2. The average molecular weight is 294 g/mol. The molecule has 2 aromatic carbocycles. The van der Waals surface area contributed by atoms with Gasteiger partial charge in [-0.2, -0.15) is 13.2 Å². The number of hydrogen-bond acceptors (Lipinski definition) is 2. The standard InChI is InChI=1S/C14H9F3N2O2/c15-14(16,17)8-4-1-2-5-9(8)19-10-6-3-7-11(20)12(10)18-13(19)21/h1-7,20H,(H,18,21). The van der Waals surface area contributed by atoms with Crippen LogP contribution in [0.3, 0.4) is 0 Å². The van der Waals surface area contributed by atoms with E-state index in [1.165, 1.54) is 36.4 Å². The summed E-state index contributed by atoms with van der Waals surface area (Å²) in [6.07, 6.45) is -4.59. The van der Waals surface area contributed by atoms with Gasteiger partial charge in [0.25, 0.3) is 0 Å². The van der Waals surface area contributed by atoms with Crippen molar-refractivity contribution in [3.63, 3.8) is 0 Å². The quantitative estimate of drug-likeness (QED) is 0.724. The maximum Gasteiger partial charge on any atom is 0.418 e. The van der Waals surface area contributed by atoms with Crippen molar-refractivity contribution in [2.24, 2.45) is 0 Å². The van der Waals surface area contributed by atoms with E-state index in [0.29, 0.717) is 0 Å². The predicted molar refractivity (Wildman–Crippen MR) is 70.6 cm³/mol. The van der Waals surface area contributed by atoms with Crippen molar-refractivity contribution in [1.29, 1.82) is 0 Å². The number of aromatic amines is 1. The van der Waals surface area contributed by atoms with Crippen molar-refractivity contribution in [3.8, 4) is 11.4 Å². The molecule has 21 heavy (non-hydrogen) atoms. The van der Waals surface area contributed by atoms with Gasteiger partial charge in [0.2, 0.25) is 0 Å². The molecule has 0 aliphatic heterocycles. The second-order valence-corrected chi connectivity index (χ2v) is 4.45. The van der Waals surface area contributed by atoms with Crippen LogP contribution in [-0.2, 0) is 6.18 Å². The zero-order valence-corrected chi connectivity index (χ0v) is 10.5. The van der Waals surface area contributed by atoms with Gasteiger partial charge >= 0.3 is 11.9 Å². The Morgan fingerprint density at radius 1 is 1.05 bits per heavy atom. The Labute approximate surface area is 116 Å². The molecule has 0 saturated heterocycles. The summed E-state index contributed by atoms with van der Waals surface area (Å²) in [6, 6.07) is 9.04. The lowest BCUT2D eigenvalue weighted by Gasteiger charge is -2.13. The number of H-pyrrole nitrogens is 1. The van der Waals surface area contributed by atoms with Crippen molar-refractivity contribution in [3.05, 3.63) is 58.5 Å². The molecule has 0 atom stereocenters. The molecular weight excluding hydrogens is 285 g/mol. The third kappa shape index (κ3) is 2.06. The van der Waals surface area contributed by atoms with Gasteiger partial charge in [-0.05, 0) is 24.3 Å². The van der Waals surface area contributed by atoms with Crippen molar-refractivity contribution in [2.45, 2.75) is 6.18 Å².